The third kappa shape index (κ3) is 6.51. The Bertz CT molecular complexity index is 146. The van der Waals surface area contributed by atoms with Gasteiger partial charge in [-0.1, -0.05) is 0 Å². The fraction of sp³-hybridized carbons (Fsp3) is 0.875. The minimum atomic E-state index is -0.555. The summed E-state index contributed by atoms with van der Waals surface area (Å²) in [4.78, 5) is 11.1. The van der Waals surface area contributed by atoms with Crippen LogP contribution in [0.25, 0.3) is 0 Å². The third-order valence-corrected chi connectivity index (χ3v) is 1.63. The Balaban J connectivity index is 3.60. The highest BCUT2D eigenvalue weighted by Crippen LogP contribution is 1.93. The topological polar surface area (TPSA) is 95.6 Å². The summed E-state index contributed by atoms with van der Waals surface area (Å²) >= 11 is 0. The molecule has 0 aliphatic carbocycles. The van der Waals surface area contributed by atoms with E-state index in [9.17, 15) is 4.79 Å². The quantitative estimate of drug-likeness (QED) is 0.413. The average molecular weight is 190 g/mol. The zero-order valence-electron chi connectivity index (χ0n) is 7.86. The Hall–Kier alpha value is -0.650. The molecule has 0 rings (SSSR count). The first-order chi connectivity index (χ1) is 6.10. The lowest BCUT2D eigenvalue weighted by atomic mass is 10.2. The number of hydrogen-bond acceptors (Lipinski definition) is 4. The van der Waals surface area contributed by atoms with Gasteiger partial charge in [0.2, 0.25) is 5.91 Å². The van der Waals surface area contributed by atoms with E-state index in [0.717, 1.165) is 0 Å². The van der Waals surface area contributed by atoms with E-state index < -0.39 is 6.04 Å². The second kappa shape index (κ2) is 6.82. The highest BCUT2D eigenvalue weighted by Gasteiger charge is 2.09. The van der Waals surface area contributed by atoms with Gasteiger partial charge in [-0.2, -0.15) is 0 Å². The van der Waals surface area contributed by atoms with Crippen molar-refractivity contribution in [3.05, 3.63) is 0 Å². The number of nitrogens with two attached hydrogens (primary N) is 1. The first kappa shape index (κ1) is 12.3. The number of carbonyl (C=O) groups is 1. The van der Waals surface area contributed by atoms with E-state index in [1.807, 2.05) is 6.92 Å². The zero-order chi connectivity index (χ0) is 10.3. The molecule has 5 N–H and O–H groups in total. The molecule has 0 heterocycles. The van der Waals surface area contributed by atoms with Gasteiger partial charge in [-0.3, -0.25) is 4.79 Å². The molecular weight excluding hydrogens is 172 g/mol. The van der Waals surface area contributed by atoms with Crippen LogP contribution in [0.5, 0.6) is 0 Å². The van der Waals surface area contributed by atoms with Crippen LogP contribution in [0.3, 0.4) is 0 Å². The van der Waals surface area contributed by atoms with Crippen molar-refractivity contribution >= 4 is 5.91 Å². The van der Waals surface area contributed by atoms with Crippen molar-refractivity contribution in [2.75, 3.05) is 13.2 Å². The van der Waals surface area contributed by atoms with Gasteiger partial charge >= 0.3 is 0 Å². The molecule has 5 nitrogen and oxygen atoms in total. The summed E-state index contributed by atoms with van der Waals surface area (Å²) in [6.45, 7) is 1.32. The molecule has 0 aliphatic rings. The summed E-state index contributed by atoms with van der Waals surface area (Å²) in [5.74, 6) is -0.189. The van der Waals surface area contributed by atoms with Crippen LogP contribution >= 0.6 is 0 Å². The highest BCUT2D eigenvalue weighted by molar-refractivity contribution is 5.76. The Kier molecular flexibility index (Phi) is 6.48. The maximum Gasteiger partial charge on any atom is 0.220 e. The minimum Gasteiger partial charge on any atom is -0.394 e. The summed E-state index contributed by atoms with van der Waals surface area (Å²) in [7, 11) is 0. The van der Waals surface area contributed by atoms with E-state index in [2.05, 4.69) is 5.32 Å². The molecule has 78 valence electrons. The molecule has 0 aromatic heterocycles. The second-order valence-corrected chi connectivity index (χ2v) is 3.15. The van der Waals surface area contributed by atoms with Crippen molar-refractivity contribution in [2.45, 2.75) is 31.8 Å². The van der Waals surface area contributed by atoms with Gasteiger partial charge in [0.15, 0.2) is 0 Å². The smallest absolute Gasteiger partial charge is 0.220 e. The van der Waals surface area contributed by atoms with Gasteiger partial charge in [-0.15, -0.1) is 0 Å². The lowest BCUT2D eigenvalue weighted by Crippen LogP contribution is -2.40. The van der Waals surface area contributed by atoms with Crippen LogP contribution in [0.1, 0.15) is 19.8 Å². The van der Waals surface area contributed by atoms with Crippen molar-refractivity contribution in [2.24, 2.45) is 5.73 Å². The molecule has 0 aromatic carbocycles. The van der Waals surface area contributed by atoms with Crippen LogP contribution in [0, 0.1) is 0 Å². The van der Waals surface area contributed by atoms with Crippen LogP contribution in [-0.4, -0.2) is 41.4 Å². The molecule has 0 radical (unpaired) electrons. The monoisotopic (exact) mass is 190 g/mol. The molecule has 0 aromatic rings. The average Bonchev–Trinajstić information content (AvgIpc) is 2.10. The molecule has 1 unspecified atom stereocenters. The van der Waals surface area contributed by atoms with Crippen LogP contribution in [0.15, 0.2) is 0 Å². The van der Waals surface area contributed by atoms with Crippen LogP contribution in [0.2, 0.25) is 0 Å². The summed E-state index contributed by atoms with van der Waals surface area (Å²) in [6, 6.07) is -0.562. The molecule has 0 spiro atoms. The van der Waals surface area contributed by atoms with Crippen molar-refractivity contribution in [3.63, 3.8) is 0 Å². The highest BCUT2D eigenvalue weighted by atomic mass is 16.3. The van der Waals surface area contributed by atoms with Gasteiger partial charge in [0.1, 0.15) is 0 Å². The first-order valence-corrected chi connectivity index (χ1v) is 4.36. The summed E-state index contributed by atoms with van der Waals surface area (Å²) in [5.41, 5.74) is 5.46. The van der Waals surface area contributed by atoms with E-state index in [1.54, 1.807) is 0 Å². The molecular formula is C8H18N2O3. The fourth-order valence-corrected chi connectivity index (χ4v) is 0.808. The number of nitrogens with one attached hydrogen (secondary N) is 1. The normalized spacial score (nSPS) is 13.0. The van der Waals surface area contributed by atoms with Crippen LogP contribution in [0.4, 0.5) is 0 Å². The number of hydrogen-bond donors (Lipinski definition) is 4. The molecule has 0 saturated carbocycles. The minimum absolute atomic E-state index is 0.00699. The van der Waals surface area contributed by atoms with Gasteiger partial charge < -0.3 is 21.3 Å². The van der Waals surface area contributed by atoms with Crippen molar-refractivity contribution in [1.29, 1.82) is 0 Å². The van der Waals surface area contributed by atoms with Gasteiger partial charge in [-0.05, 0) is 13.3 Å². The predicted molar refractivity (Wildman–Crippen MR) is 49.0 cm³/mol. The molecule has 5 heteroatoms. The number of aliphatic hydroxyl groups excluding tert-OH is 2. The maximum absolute atomic E-state index is 11.1. The Morgan fingerprint density at radius 1 is 1.46 bits per heavy atom. The van der Waals surface area contributed by atoms with Gasteiger partial charge in [0, 0.05) is 12.5 Å². The van der Waals surface area contributed by atoms with Crippen molar-refractivity contribution < 1.29 is 15.0 Å². The molecule has 0 bridgehead atoms. The number of amides is 1. The lowest BCUT2D eigenvalue weighted by Gasteiger charge is -2.13. The zero-order valence-corrected chi connectivity index (χ0v) is 7.86. The molecule has 1 amide bonds. The first-order valence-electron chi connectivity index (χ1n) is 4.36. The van der Waals surface area contributed by atoms with Gasteiger partial charge in [0.25, 0.3) is 0 Å². The SMILES string of the molecule is CC(N)CCC(=O)NC(CO)CO. The van der Waals surface area contributed by atoms with Crippen LogP contribution < -0.4 is 11.1 Å². The fourth-order valence-electron chi connectivity index (χ4n) is 0.808. The van der Waals surface area contributed by atoms with E-state index >= 15 is 0 Å². The Morgan fingerprint density at radius 3 is 2.38 bits per heavy atom. The standard InChI is InChI=1S/C8H18N2O3/c1-6(9)2-3-8(13)10-7(4-11)5-12/h6-7,11-12H,2-5,9H2,1H3,(H,10,13). The van der Waals surface area contributed by atoms with E-state index in [0.29, 0.717) is 12.8 Å². The van der Waals surface area contributed by atoms with E-state index in [-0.39, 0.29) is 25.2 Å². The molecule has 0 aliphatic heterocycles. The summed E-state index contributed by atoms with van der Waals surface area (Å²) in [5, 5.41) is 19.8. The van der Waals surface area contributed by atoms with Gasteiger partial charge in [0.05, 0.1) is 19.3 Å². The predicted octanol–water partition coefficient (Wildman–Crippen LogP) is -1.42. The molecule has 0 saturated heterocycles. The third-order valence-electron chi connectivity index (χ3n) is 1.63. The maximum atomic E-state index is 11.1. The van der Waals surface area contributed by atoms with Crippen molar-refractivity contribution in [3.8, 4) is 0 Å². The largest absolute Gasteiger partial charge is 0.394 e. The van der Waals surface area contributed by atoms with Gasteiger partial charge in [-0.25, -0.2) is 0 Å². The van der Waals surface area contributed by atoms with E-state index in [4.69, 9.17) is 15.9 Å². The van der Waals surface area contributed by atoms with Crippen molar-refractivity contribution in [1.82, 2.24) is 5.32 Å². The Morgan fingerprint density at radius 2 is 2.00 bits per heavy atom. The molecule has 13 heavy (non-hydrogen) atoms. The number of rotatable bonds is 6. The summed E-state index contributed by atoms with van der Waals surface area (Å²) < 4.78 is 0. The number of carbonyl (C=O) groups excluding carboxylic acids is 1. The summed E-state index contributed by atoms with van der Waals surface area (Å²) in [6.07, 6.45) is 0.934. The molecule has 1 atom stereocenters. The van der Waals surface area contributed by atoms with E-state index in [1.165, 1.54) is 0 Å². The van der Waals surface area contributed by atoms with Crippen LogP contribution in [-0.2, 0) is 4.79 Å². The number of aliphatic hydroxyl groups is 2. The molecule has 0 fully saturated rings. The Labute approximate surface area is 77.9 Å². The second-order valence-electron chi connectivity index (χ2n) is 3.15. The lowest BCUT2D eigenvalue weighted by molar-refractivity contribution is -0.122.